The number of carbonyl (C=O) groups is 1. The number of Topliss-reactive ketones (excluding diaryl/α,β-unsaturated/α-hetero) is 1. The second-order valence-corrected chi connectivity index (χ2v) is 7.59. The summed E-state index contributed by atoms with van der Waals surface area (Å²) in [6, 6.07) is 16.1. The largest absolute Gasteiger partial charge is 0.383 e. The lowest BCUT2D eigenvalue weighted by molar-refractivity contribution is -0.117. The van der Waals surface area contributed by atoms with Crippen LogP contribution in [0, 0.1) is 11.3 Å². The minimum Gasteiger partial charge on any atom is -0.383 e. The highest BCUT2D eigenvalue weighted by Crippen LogP contribution is 2.47. The fourth-order valence-electron chi connectivity index (χ4n) is 4.41. The second-order valence-electron chi connectivity index (χ2n) is 7.59. The summed E-state index contributed by atoms with van der Waals surface area (Å²) < 4.78 is 0. The molecule has 1 aliphatic heterocycles. The normalized spacial score (nSPS) is 22.0. The summed E-state index contributed by atoms with van der Waals surface area (Å²) in [6.45, 7) is 0. The fourth-order valence-corrected chi connectivity index (χ4v) is 4.41. The van der Waals surface area contributed by atoms with Crippen molar-refractivity contribution >= 4 is 5.78 Å². The number of nitrogens with two attached hydrogens (primary N) is 1. The lowest BCUT2D eigenvalue weighted by atomic mass is 9.72. The zero-order valence-corrected chi connectivity index (χ0v) is 16.5. The van der Waals surface area contributed by atoms with Crippen LogP contribution >= 0.6 is 0 Å². The number of hydrazine groups is 1. The van der Waals surface area contributed by atoms with Crippen LogP contribution in [0.5, 0.6) is 0 Å². The topological polar surface area (TPSA) is 86.2 Å². The van der Waals surface area contributed by atoms with E-state index in [1.807, 2.05) is 54.4 Å². The molecular formula is C23H23N5O. The molecule has 4 rings (SSSR count). The molecule has 2 N–H and O–H groups in total. The Bertz CT molecular complexity index is 1030. The molecular weight excluding hydrogens is 362 g/mol. The van der Waals surface area contributed by atoms with Gasteiger partial charge in [-0.2, -0.15) is 5.26 Å². The van der Waals surface area contributed by atoms with E-state index in [9.17, 15) is 10.1 Å². The smallest absolute Gasteiger partial charge is 0.162 e. The van der Waals surface area contributed by atoms with Crippen molar-refractivity contribution in [1.29, 1.82) is 5.26 Å². The minimum absolute atomic E-state index is 0.0565. The molecule has 2 heterocycles. The van der Waals surface area contributed by atoms with E-state index >= 15 is 0 Å². The first-order valence-electron chi connectivity index (χ1n) is 9.61. The number of allylic oxidation sites excluding steroid dienone is 3. The number of pyridine rings is 1. The molecule has 6 heteroatoms. The van der Waals surface area contributed by atoms with Crippen molar-refractivity contribution in [1.82, 2.24) is 15.0 Å². The number of nitrogens with zero attached hydrogens (tertiary/aromatic N) is 4. The van der Waals surface area contributed by atoms with Crippen LogP contribution in [0.3, 0.4) is 0 Å². The van der Waals surface area contributed by atoms with E-state index < -0.39 is 5.92 Å². The second kappa shape index (κ2) is 7.53. The monoisotopic (exact) mass is 385 g/mol. The SMILES string of the molecule is CN(C)N1C(N)=C(C#N)[C@@H](c2cccnc2)C2=C1C[C@@H](c1ccccc1)CC2=O. The molecule has 0 bridgehead atoms. The molecule has 1 aromatic carbocycles. The Morgan fingerprint density at radius 1 is 1.14 bits per heavy atom. The van der Waals surface area contributed by atoms with Crippen LogP contribution in [-0.2, 0) is 4.79 Å². The molecule has 1 aliphatic carbocycles. The van der Waals surface area contributed by atoms with Crippen LogP contribution in [0.15, 0.2) is 77.5 Å². The van der Waals surface area contributed by atoms with Gasteiger partial charge in [-0.05, 0) is 29.5 Å². The number of rotatable bonds is 3. The first kappa shape index (κ1) is 18.9. The number of carbonyl (C=O) groups excluding carboxylic acids is 1. The molecule has 2 atom stereocenters. The molecule has 1 aromatic heterocycles. The average molecular weight is 385 g/mol. The summed E-state index contributed by atoms with van der Waals surface area (Å²) in [5.41, 5.74) is 10.3. The summed E-state index contributed by atoms with van der Waals surface area (Å²) >= 11 is 0. The van der Waals surface area contributed by atoms with Crippen molar-refractivity contribution in [2.75, 3.05) is 14.1 Å². The van der Waals surface area contributed by atoms with Gasteiger partial charge in [-0.3, -0.25) is 14.8 Å². The zero-order chi connectivity index (χ0) is 20.5. The highest BCUT2D eigenvalue weighted by molar-refractivity contribution is 6.00. The van der Waals surface area contributed by atoms with Crippen LogP contribution in [0.1, 0.15) is 35.8 Å². The van der Waals surface area contributed by atoms with Crippen LogP contribution < -0.4 is 5.73 Å². The molecule has 6 nitrogen and oxygen atoms in total. The molecule has 2 aromatic rings. The van der Waals surface area contributed by atoms with Gasteiger partial charge in [0.25, 0.3) is 0 Å². The Morgan fingerprint density at radius 3 is 2.48 bits per heavy atom. The summed E-state index contributed by atoms with van der Waals surface area (Å²) in [6.07, 6.45) is 4.49. The van der Waals surface area contributed by atoms with Crippen molar-refractivity contribution in [3.63, 3.8) is 0 Å². The molecule has 0 radical (unpaired) electrons. The average Bonchev–Trinajstić information content (AvgIpc) is 2.73. The maximum Gasteiger partial charge on any atom is 0.162 e. The highest BCUT2D eigenvalue weighted by Gasteiger charge is 2.43. The van der Waals surface area contributed by atoms with Gasteiger partial charge in [-0.1, -0.05) is 36.4 Å². The molecule has 0 unspecified atom stereocenters. The van der Waals surface area contributed by atoms with Gasteiger partial charge in [-0.15, -0.1) is 0 Å². The fraction of sp³-hybridized carbons (Fsp3) is 0.261. The van der Waals surface area contributed by atoms with Crippen LogP contribution in [-0.4, -0.2) is 34.9 Å². The number of aromatic nitrogens is 1. The van der Waals surface area contributed by atoms with E-state index in [1.165, 1.54) is 0 Å². The summed E-state index contributed by atoms with van der Waals surface area (Å²) in [5, 5.41) is 13.6. The molecule has 2 aliphatic rings. The van der Waals surface area contributed by atoms with Crippen molar-refractivity contribution < 1.29 is 4.79 Å². The number of nitriles is 1. The first-order chi connectivity index (χ1) is 14.0. The molecule has 0 amide bonds. The quantitative estimate of drug-likeness (QED) is 0.874. The highest BCUT2D eigenvalue weighted by atomic mass is 16.1. The Labute approximate surface area is 170 Å². The molecule has 0 spiro atoms. The van der Waals surface area contributed by atoms with Gasteiger partial charge in [0.1, 0.15) is 5.82 Å². The molecule has 146 valence electrons. The van der Waals surface area contributed by atoms with E-state index in [-0.39, 0.29) is 11.7 Å². The zero-order valence-electron chi connectivity index (χ0n) is 16.5. The third-order valence-corrected chi connectivity index (χ3v) is 5.63. The predicted molar refractivity (Wildman–Crippen MR) is 110 cm³/mol. The van der Waals surface area contributed by atoms with E-state index in [2.05, 4.69) is 23.2 Å². The van der Waals surface area contributed by atoms with Gasteiger partial charge in [-0.25, -0.2) is 5.01 Å². The molecule has 0 saturated carbocycles. The first-order valence-corrected chi connectivity index (χ1v) is 9.61. The maximum absolute atomic E-state index is 13.4. The Hall–Kier alpha value is -3.43. The van der Waals surface area contributed by atoms with Crippen LogP contribution in [0.2, 0.25) is 0 Å². The van der Waals surface area contributed by atoms with Gasteiger partial charge in [0.05, 0.1) is 17.6 Å². The third kappa shape index (κ3) is 3.20. The number of hydrogen-bond acceptors (Lipinski definition) is 6. The standard InChI is InChI=1S/C23H23N5O/c1-27(2)28-19-11-17(15-7-4-3-5-8-15)12-20(29)22(19)21(18(13-24)23(28)25)16-9-6-10-26-14-16/h3-10,14,17,21H,11-12,25H2,1-2H3/t17-,21-/m1/s1. The molecule has 29 heavy (non-hydrogen) atoms. The van der Waals surface area contributed by atoms with Crippen molar-refractivity contribution in [3.8, 4) is 6.07 Å². The van der Waals surface area contributed by atoms with Gasteiger partial charge in [0, 0.05) is 44.2 Å². The number of ketones is 1. The molecule has 0 fully saturated rings. The van der Waals surface area contributed by atoms with Gasteiger partial charge >= 0.3 is 0 Å². The van der Waals surface area contributed by atoms with E-state index in [1.54, 1.807) is 12.4 Å². The maximum atomic E-state index is 13.4. The molecule has 0 saturated heterocycles. The summed E-state index contributed by atoms with van der Waals surface area (Å²) in [4.78, 5) is 17.6. The summed E-state index contributed by atoms with van der Waals surface area (Å²) in [5.74, 6) is 0.0210. The van der Waals surface area contributed by atoms with E-state index in [0.29, 0.717) is 29.8 Å². The third-order valence-electron chi connectivity index (χ3n) is 5.63. The lowest BCUT2D eigenvalue weighted by Gasteiger charge is -2.43. The van der Waals surface area contributed by atoms with Gasteiger partial charge < -0.3 is 5.73 Å². The lowest BCUT2D eigenvalue weighted by Crippen LogP contribution is -2.46. The van der Waals surface area contributed by atoms with Gasteiger partial charge in [0.15, 0.2) is 5.78 Å². The minimum atomic E-state index is -0.482. The van der Waals surface area contributed by atoms with Crippen LogP contribution in [0.4, 0.5) is 0 Å². The van der Waals surface area contributed by atoms with Crippen LogP contribution in [0.25, 0.3) is 0 Å². The number of benzene rings is 1. The number of hydrogen-bond donors (Lipinski definition) is 1. The summed E-state index contributed by atoms with van der Waals surface area (Å²) in [7, 11) is 3.74. The Kier molecular flexibility index (Phi) is 4.91. The van der Waals surface area contributed by atoms with Crippen molar-refractivity contribution in [2.24, 2.45) is 5.73 Å². The Balaban J connectivity index is 1.89. The Morgan fingerprint density at radius 2 is 1.86 bits per heavy atom. The predicted octanol–water partition coefficient (Wildman–Crippen LogP) is 3.05. The van der Waals surface area contributed by atoms with Gasteiger partial charge in [0.2, 0.25) is 0 Å². The van der Waals surface area contributed by atoms with E-state index in [4.69, 9.17) is 5.73 Å². The van der Waals surface area contributed by atoms with Crippen molar-refractivity contribution in [3.05, 3.63) is 88.6 Å². The van der Waals surface area contributed by atoms with E-state index in [0.717, 1.165) is 16.8 Å². The van der Waals surface area contributed by atoms with Crippen molar-refractivity contribution in [2.45, 2.75) is 24.7 Å².